The van der Waals surface area contributed by atoms with Gasteiger partial charge in [-0.1, -0.05) is 44.0 Å². The summed E-state index contributed by atoms with van der Waals surface area (Å²) in [6.07, 6.45) is 1.98. The zero-order valence-corrected chi connectivity index (χ0v) is 20.0. The second kappa shape index (κ2) is 9.71. The second-order valence-corrected chi connectivity index (χ2v) is 10.6. The Labute approximate surface area is 186 Å². The van der Waals surface area contributed by atoms with Crippen molar-refractivity contribution < 1.29 is 17.3 Å². The Bertz CT molecular complexity index is 1030. The number of benzene rings is 2. The lowest BCUT2D eigenvalue weighted by Gasteiger charge is -2.16. The van der Waals surface area contributed by atoms with E-state index in [9.17, 15) is 8.42 Å². The quantitative estimate of drug-likeness (QED) is 0.235. The maximum absolute atomic E-state index is 11.5. The molecule has 0 aliphatic rings. The number of halogens is 2. The molecule has 1 heterocycles. The number of thiophene rings is 1. The standard InChI is InChI=1S/C20H20Br2O4S2/c1-28(23,24)26-17(3-2-10-21)12-25-16-8-9-18-19(13-27-20(18)11-16)14-4-6-15(22)7-5-14/h4-9,11,13,17H,2-3,10,12H2,1H3. The molecule has 2 aromatic carbocycles. The molecule has 4 nitrogen and oxygen atoms in total. The number of fused-ring (bicyclic) bond motifs is 1. The highest BCUT2D eigenvalue weighted by Gasteiger charge is 2.17. The maximum Gasteiger partial charge on any atom is 0.264 e. The van der Waals surface area contributed by atoms with Crippen LogP contribution in [0.15, 0.2) is 52.3 Å². The molecule has 28 heavy (non-hydrogen) atoms. The summed E-state index contributed by atoms with van der Waals surface area (Å²) < 4.78 is 36.1. The largest absolute Gasteiger partial charge is 0.491 e. The van der Waals surface area contributed by atoms with Crippen LogP contribution in [0.2, 0.25) is 0 Å². The minimum absolute atomic E-state index is 0.191. The lowest BCUT2D eigenvalue weighted by molar-refractivity contribution is 0.127. The van der Waals surface area contributed by atoms with Gasteiger partial charge < -0.3 is 4.74 Å². The molecule has 0 aliphatic carbocycles. The molecule has 0 aliphatic heterocycles. The number of rotatable bonds is 9. The molecule has 0 bridgehead atoms. The van der Waals surface area contributed by atoms with Crippen LogP contribution in [0.4, 0.5) is 0 Å². The van der Waals surface area contributed by atoms with Gasteiger partial charge in [-0.3, -0.25) is 4.18 Å². The van der Waals surface area contributed by atoms with E-state index in [4.69, 9.17) is 8.92 Å². The summed E-state index contributed by atoms with van der Waals surface area (Å²) in [5.74, 6) is 0.706. The van der Waals surface area contributed by atoms with E-state index in [-0.39, 0.29) is 6.61 Å². The van der Waals surface area contributed by atoms with Crippen molar-refractivity contribution in [1.82, 2.24) is 0 Å². The first-order valence-corrected chi connectivity index (χ1v) is 13.3. The summed E-state index contributed by atoms with van der Waals surface area (Å²) in [5.41, 5.74) is 2.36. The summed E-state index contributed by atoms with van der Waals surface area (Å²) in [7, 11) is -3.52. The van der Waals surface area contributed by atoms with Crippen LogP contribution in [-0.4, -0.2) is 32.7 Å². The molecule has 1 aromatic heterocycles. The van der Waals surface area contributed by atoms with Gasteiger partial charge >= 0.3 is 0 Å². The van der Waals surface area contributed by atoms with Crippen molar-refractivity contribution in [2.75, 3.05) is 18.2 Å². The Morgan fingerprint density at radius 2 is 1.89 bits per heavy atom. The molecule has 0 saturated heterocycles. The predicted molar refractivity (Wildman–Crippen MR) is 123 cm³/mol. The van der Waals surface area contributed by atoms with Crippen LogP contribution in [0.25, 0.3) is 21.2 Å². The highest BCUT2D eigenvalue weighted by molar-refractivity contribution is 9.10. The van der Waals surface area contributed by atoms with Crippen LogP contribution < -0.4 is 4.74 Å². The van der Waals surface area contributed by atoms with Crippen molar-refractivity contribution >= 4 is 63.4 Å². The molecule has 0 amide bonds. The monoisotopic (exact) mass is 546 g/mol. The van der Waals surface area contributed by atoms with Gasteiger partial charge in [-0.2, -0.15) is 8.42 Å². The normalized spacial score (nSPS) is 13.0. The van der Waals surface area contributed by atoms with Gasteiger partial charge in [0.25, 0.3) is 10.1 Å². The molecule has 3 aromatic rings. The third-order valence-electron chi connectivity index (χ3n) is 4.11. The van der Waals surface area contributed by atoms with Crippen molar-refractivity contribution in [3.8, 4) is 16.9 Å². The molecule has 0 saturated carbocycles. The zero-order valence-electron chi connectivity index (χ0n) is 15.2. The van der Waals surface area contributed by atoms with Crippen LogP contribution in [0.5, 0.6) is 5.75 Å². The molecular weight excluding hydrogens is 528 g/mol. The van der Waals surface area contributed by atoms with Crippen molar-refractivity contribution in [2.24, 2.45) is 0 Å². The first-order valence-electron chi connectivity index (χ1n) is 8.70. The zero-order chi connectivity index (χ0) is 20.1. The van der Waals surface area contributed by atoms with E-state index in [1.165, 1.54) is 16.5 Å². The first-order chi connectivity index (χ1) is 13.4. The van der Waals surface area contributed by atoms with E-state index in [1.54, 1.807) is 11.3 Å². The molecule has 1 atom stereocenters. The average molecular weight is 548 g/mol. The minimum atomic E-state index is -3.52. The predicted octanol–water partition coefficient (Wildman–Crippen LogP) is 6.23. The van der Waals surface area contributed by atoms with Gasteiger partial charge in [0.1, 0.15) is 18.5 Å². The highest BCUT2D eigenvalue weighted by Crippen LogP contribution is 2.36. The minimum Gasteiger partial charge on any atom is -0.491 e. The molecule has 8 heteroatoms. The van der Waals surface area contributed by atoms with Crippen LogP contribution >= 0.6 is 43.2 Å². The second-order valence-electron chi connectivity index (χ2n) is 6.38. The van der Waals surface area contributed by atoms with Gasteiger partial charge in [0.05, 0.1) is 6.26 Å². The van der Waals surface area contributed by atoms with Crippen LogP contribution in [0.3, 0.4) is 0 Å². The lowest BCUT2D eigenvalue weighted by Crippen LogP contribution is -2.25. The van der Waals surface area contributed by atoms with Gasteiger partial charge in [0.15, 0.2) is 0 Å². The van der Waals surface area contributed by atoms with E-state index >= 15 is 0 Å². The number of hydrogen-bond acceptors (Lipinski definition) is 5. The molecule has 1 unspecified atom stereocenters. The summed E-state index contributed by atoms with van der Waals surface area (Å²) in [4.78, 5) is 0. The van der Waals surface area contributed by atoms with Crippen molar-refractivity contribution in [3.05, 3.63) is 52.3 Å². The Morgan fingerprint density at radius 3 is 2.57 bits per heavy atom. The maximum atomic E-state index is 11.5. The molecule has 0 fully saturated rings. The first kappa shape index (κ1) is 21.8. The van der Waals surface area contributed by atoms with E-state index in [2.05, 4.69) is 49.4 Å². The average Bonchev–Trinajstić information content (AvgIpc) is 3.07. The van der Waals surface area contributed by atoms with Gasteiger partial charge in [-0.15, -0.1) is 11.3 Å². The van der Waals surface area contributed by atoms with Crippen molar-refractivity contribution in [3.63, 3.8) is 0 Å². The van der Waals surface area contributed by atoms with Crippen LogP contribution in [0, 0.1) is 0 Å². The Morgan fingerprint density at radius 1 is 1.14 bits per heavy atom. The SMILES string of the molecule is CS(=O)(=O)OC(CCCBr)COc1ccc2c(-c3ccc(Br)cc3)csc2c1. The van der Waals surface area contributed by atoms with Crippen molar-refractivity contribution in [1.29, 1.82) is 0 Å². The van der Waals surface area contributed by atoms with Crippen LogP contribution in [-0.2, 0) is 14.3 Å². The summed E-state index contributed by atoms with van der Waals surface area (Å²) in [6.45, 7) is 0.191. The van der Waals surface area contributed by atoms with Gasteiger partial charge in [-0.05, 0) is 54.1 Å². The van der Waals surface area contributed by atoms with Crippen LogP contribution in [0.1, 0.15) is 12.8 Å². The molecule has 150 valence electrons. The Balaban J connectivity index is 1.74. The number of ether oxygens (including phenoxy) is 1. The number of hydrogen-bond donors (Lipinski definition) is 0. The van der Waals surface area contributed by atoms with Crippen molar-refractivity contribution in [2.45, 2.75) is 18.9 Å². The van der Waals surface area contributed by atoms with Gasteiger partial charge in [0, 0.05) is 25.5 Å². The third-order valence-corrected chi connectivity index (χ3v) is 6.77. The summed E-state index contributed by atoms with van der Waals surface area (Å²) in [6, 6.07) is 14.2. The molecular formula is C20H20Br2O4S2. The third kappa shape index (κ3) is 6.03. The fourth-order valence-electron chi connectivity index (χ4n) is 2.85. The Hall–Kier alpha value is -0.930. The fraction of sp³-hybridized carbons (Fsp3) is 0.300. The molecule has 0 radical (unpaired) electrons. The Kier molecular flexibility index (Phi) is 7.55. The summed E-state index contributed by atoms with van der Waals surface area (Å²) in [5, 5.41) is 4.10. The molecule has 0 spiro atoms. The molecule has 0 N–H and O–H groups in total. The van der Waals surface area contributed by atoms with Gasteiger partial charge in [0.2, 0.25) is 0 Å². The topological polar surface area (TPSA) is 52.6 Å². The number of alkyl halides is 1. The highest BCUT2D eigenvalue weighted by atomic mass is 79.9. The van der Waals surface area contributed by atoms with E-state index < -0.39 is 16.2 Å². The van der Waals surface area contributed by atoms with E-state index in [1.807, 2.05) is 30.3 Å². The smallest absolute Gasteiger partial charge is 0.264 e. The van der Waals surface area contributed by atoms with Gasteiger partial charge in [-0.25, -0.2) is 0 Å². The summed E-state index contributed by atoms with van der Waals surface area (Å²) >= 11 is 8.49. The van der Waals surface area contributed by atoms with E-state index in [0.29, 0.717) is 12.2 Å². The fourth-order valence-corrected chi connectivity index (χ4v) is 5.08. The molecule has 3 rings (SSSR count). The van der Waals surface area contributed by atoms with E-state index in [0.717, 1.165) is 27.2 Å². The lowest BCUT2D eigenvalue weighted by atomic mass is 10.1.